The zero-order valence-electron chi connectivity index (χ0n) is 11.6. The standard InChI is InChI=1S/C15H18O5/c1-18-12-7-4-8-13(12)20-15(17)11-6-3-5-10(9-11)14(16)19-2/h3,5-6,9,12-13H,4,7-8H2,1-2H3/t12-,13-/m0/s1. The summed E-state index contributed by atoms with van der Waals surface area (Å²) >= 11 is 0. The van der Waals surface area contributed by atoms with Crippen LogP contribution in [0.1, 0.15) is 40.0 Å². The molecule has 0 saturated heterocycles. The van der Waals surface area contributed by atoms with Crippen molar-refractivity contribution in [3.63, 3.8) is 0 Å². The number of ether oxygens (including phenoxy) is 3. The van der Waals surface area contributed by atoms with E-state index in [4.69, 9.17) is 9.47 Å². The molecule has 5 heteroatoms. The van der Waals surface area contributed by atoms with Crippen molar-refractivity contribution in [2.75, 3.05) is 14.2 Å². The first kappa shape index (κ1) is 14.5. The summed E-state index contributed by atoms with van der Waals surface area (Å²) in [5, 5.41) is 0. The van der Waals surface area contributed by atoms with E-state index < -0.39 is 11.9 Å². The van der Waals surface area contributed by atoms with E-state index in [2.05, 4.69) is 4.74 Å². The van der Waals surface area contributed by atoms with Gasteiger partial charge in [0.1, 0.15) is 6.10 Å². The molecule has 1 fully saturated rings. The molecule has 108 valence electrons. The lowest BCUT2D eigenvalue weighted by Gasteiger charge is -2.18. The molecule has 2 atom stereocenters. The average molecular weight is 278 g/mol. The minimum Gasteiger partial charge on any atom is -0.465 e. The molecular formula is C15H18O5. The fourth-order valence-electron chi connectivity index (χ4n) is 2.39. The van der Waals surface area contributed by atoms with Crippen LogP contribution in [0.5, 0.6) is 0 Å². The summed E-state index contributed by atoms with van der Waals surface area (Å²) in [5.41, 5.74) is 0.673. The van der Waals surface area contributed by atoms with Gasteiger partial charge in [-0.2, -0.15) is 0 Å². The molecule has 0 unspecified atom stereocenters. The fourth-order valence-corrected chi connectivity index (χ4v) is 2.39. The van der Waals surface area contributed by atoms with Crippen molar-refractivity contribution in [3.8, 4) is 0 Å². The normalized spacial score (nSPS) is 21.5. The van der Waals surface area contributed by atoms with Gasteiger partial charge in [0.15, 0.2) is 0 Å². The van der Waals surface area contributed by atoms with Gasteiger partial charge < -0.3 is 14.2 Å². The molecule has 0 heterocycles. The SMILES string of the molecule is COC(=O)c1cccc(C(=O)O[C@H]2CCC[C@@H]2OC)c1. The number of rotatable bonds is 4. The largest absolute Gasteiger partial charge is 0.465 e. The van der Waals surface area contributed by atoms with E-state index in [-0.39, 0.29) is 12.2 Å². The second-order valence-electron chi connectivity index (χ2n) is 4.72. The van der Waals surface area contributed by atoms with Gasteiger partial charge >= 0.3 is 11.9 Å². The molecule has 0 N–H and O–H groups in total. The van der Waals surface area contributed by atoms with Crippen molar-refractivity contribution in [2.45, 2.75) is 31.5 Å². The number of hydrogen-bond acceptors (Lipinski definition) is 5. The maximum Gasteiger partial charge on any atom is 0.338 e. The lowest BCUT2D eigenvalue weighted by molar-refractivity contribution is -0.0206. The van der Waals surface area contributed by atoms with Crippen molar-refractivity contribution in [3.05, 3.63) is 35.4 Å². The molecule has 1 saturated carbocycles. The van der Waals surface area contributed by atoms with Crippen molar-refractivity contribution in [2.24, 2.45) is 0 Å². The number of methoxy groups -OCH3 is 2. The third kappa shape index (κ3) is 3.17. The summed E-state index contributed by atoms with van der Waals surface area (Å²) in [7, 11) is 2.92. The molecule has 2 rings (SSSR count). The summed E-state index contributed by atoms with van der Waals surface area (Å²) in [5.74, 6) is -0.917. The van der Waals surface area contributed by atoms with Crippen LogP contribution in [0.15, 0.2) is 24.3 Å². The van der Waals surface area contributed by atoms with Gasteiger partial charge in [-0.15, -0.1) is 0 Å². The average Bonchev–Trinajstić information content (AvgIpc) is 2.93. The van der Waals surface area contributed by atoms with Gasteiger partial charge in [-0.1, -0.05) is 6.07 Å². The fraction of sp³-hybridized carbons (Fsp3) is 0.467. The molecule has 0 amide bonds. The molecule has 0 radical (unpaired) electrons. The molecule has 0 spiro atoms. The Bertz CT molecular complexity index is 497. The Balaban J connectivity index is 2.07. The molecule has 0 aliphatic heterocycles. The summed E-state index contributed by atoms with van der Waals surface area (Å²) < 4.78 is 15.4. The molecule has 1 aliphatic carbocycles. The van der Waals surface area contributed by atoms with Crippen molar-refractivity contribution >= 4 is 11.9 Å². The minimum atomic E-state index is -0.477. The predicted molar refractivity (Wildman–Crippen MR) is 71.6 cm³/mol. The van der Waals surface area contributed by atoms with E-state index in [0.717, 1.165) is 19.3 Å². The summed E-state index contributed by atoms with van der Waals surface area (Å²) in [6, 6.07) is 6.32. The molecular weight excluding hydrogens is 260 g/mol. The highest BCUT2D eigenvalue weighted by atomic mass is 16.6. The Labute approximate surface area is 117 Å². The second-order valence-corrected chi connectivity index (χ2v) is 4.72. The van der Waals surface area contributed by atoms with Gasteiger partial charge in [0.25, 0.3) is 0 Å². The Morgan fingerprint density at radius 1 is 1.05 bits per heavy atom. The van der Waals surface area contributed by atoms with Crippen LogP contribution >= 0.6 is 0 Å². The number of benzene rings is 1. The van der Waals surface area contributed by atoms with E-state index in [1.807, 2.05) is 0 Å². The number of hydrogen-bond donors (Lipinski definition) is 0. The maximum absolute atomic E-state index is 12.1. The second kappa shape index (κ2) is 6.52. The first-order chi connectivity index (χ1) is 9.65. The van der Waals surface area contributed by atoms with Crippen molar-refractivity contribution in [1.29, 1.82) is 0 Å². The summed E-state index contributed by atoms with van der Waals surface area (Å²) in [6.07, 6.45) is 2.44. The zero-order valence-corrected chi connectivity index (χ0v) is 11.6. The third-order valence-corrected chi connectivity index (χ3v) is 3.47. The highest BCUT2D eigenvalue weighted by Gasteiger charge is 2.30. The van der Waals surface area contributed by atoms with Crippen LogP contribution in [0.25, 0.3) is 0 Å². The molecule has 1 aromatic rings. The Morgan fingerprint density at radius 3 is 2.35 bits per heavy atom. The van der Waals surface area contributed by atoms with Gasteiger partial charge in [0.2, 0.25) is 0 Å². The summed E-state index contributed by atoms with van der Waals surface area (Å²) in [4.78, 5) is 23.5. The molecule has 5 nitrogen and oxygen atoms in total. The van der Waals surface area contributed by atoms with Crippen molar-refractivity contribution in [1.82, 2.24) is 0 Å². The quantitative estimate of drug-likeness (QED) is 0.790. The molecule has 0 aromatic heterocycles. The Morgan fingerprint density at radius 2 is 1.70 bits per heavy atom. The van der Waals surface area contributed by atoms with E-state index in [1.54, 1.807) is 25.3 Å². The lowest BCUT2D eigenvalue weighted by atomic mass is 10.1. The van der Waals surface area contributed by atoms with E-state index in [1.165, 1.54) is 13.2 Å². The van der Waals surface area contributed by atoms with Crippen LogP contribution in [0.3, 0.4) is 0 Å². The Hall–Kier alpha value is -1.88. The first-order valence-corrected chi connectivity index (χ1v) is 6.58. The minimum absolute atomic E-state index is 0.0391. The highest BCUT2D eigenvalue weighted by molar-refractivity contribution is 5.95. The van der Waals surface area contributed by atoms with Crippen molar-refractivity contribution < 1.29 is 23.8 Å². The van der Waals surface area contributed by atoms with Gasteiger partial charge in [0, 0.05) is 7.11 Å². The molecule has 0 bridgehead atoms. The van der Waals surface area contributed by atoms with Gasteiger partial charge in [-0.05, 0) is 37.5 Å². The monoisotopic (exact) mass is 278 g/mol. The number of carbonyl (C=O) groups is 2. The topological polar surface area (TPSA) is 61.8 Å². The van der Waals surface area contributed by atoms with Crippen LogP contribution in [0.2, 0.25) is 0 Å². The molecule has 20 heavy (non-hydrogen) atoms. The Kier molecular flexibility index (Phi) is 4.74. The van der Waals surface area contributed by atoms with Gasteiger partial charge in [-0.3, -0.25) is 0 Å². The van der Waals surface area contributed by atoms with Crippen LogP contribution in [0.4, 0.5) is 0 Å². The van der Waals surface area contributed by atoms with E-state index in [0.29, 0.717) is 11.1 Å². The highest BCUT2D eigenvalue weighted by Crippen LogP contribution is 2.25. The smallest absolute Gasteiger partial charge is 0.338 e. The number of carbonyl (C=O) groups excluding carboxylic acids is 2. The van der Waals surface area contributed by atoms with E-state index >= 15 is 0 Å². The van der Waals surface area contributed by atoms with Crippen LogP contribution < -0.4 is 0 Å². The maximum atomic E-state index is 12.1. The van der Waals surface area contributed by atoms with Crippen LogP contribution in [0, 0.1) is 0 Å². The zero-order chi connectivity index (χ0) is 14.5. The number of esters is 2. The van der Waals surface area contributed by atoms with Crippen LogP contribution in [-0.4, -0.2) is 38.4 Å². The van der Waals surface area contributed by atoms with Gasteiger partial charge in [-0.25, -0.2) is 9.59 Å². The molecule has 1 aliphatic rings. The van der Waals surface area contributed by atoms with E-state index in [9.17, 15) is 9.59 Å². The lowest BCUT2D eigenvalue weighted by Crippen LogP contribution is -2.27. The van der Waals surface area contributed by atoms with Crippen LogP contribution in [-0.2, 0) is 14.2 Å². The van der Waals surface area contributed by atoms with Gasteiger partial charge in [0.05, 0.1) is 24.3 Å². The molecule has 1 aromatic carbocycles. The third-order valence-electron chi connectivity index (χ3n) is 3.47. The predicted octanol–water partition coefficient (Wildman–Crippen LogP) is 2.20. The first-order valence-electron chi connectivity index (χ1n) is 6.58. The summed E-state index contributed by atoms with van der Waals surface area (Å²) in [6.45, 7) is 0.